The standard InChI is InChI=1S/C20H11Br2N3O/c21-14-8-3-9-15(22)16(14)20-23-17-11-5-1-2-6-12(11)19-13(18(17)24-20)7-4-10-25(19)26/h1-10,26H/p+1. The van der Waals surface area contributed by atoms with Crippen molar-refractivity contribution in [3.8, 4) is 11.4 Å². The number of hydrogen-bond acceptors (Lipinski definition) is 2. The molecule has 0 aliphatic rings. The number of aromatic nitrogens is 3. The van der Waals surface area contributed by atoms with Crippen molar-refractivity contribution in [2.75, 3.05) is 0 Å². The van der Waals surface area contributed by atoms with Crippen LogP contribution in [0.2, 0.25) is 0 Å². The molecule has 0 saturated carbocycles. The first-order valence-corrected chi connectivity index (χ1v) is 9.62. The molecule has 0 amide bonds. The van der Waals surface area contributed by atoms with Gasteiger partial charge in [-0.3, -0.25) is 5.21 Å². The first-order chi connectivity index (χ1) is 12.6. The molecule has 0 unspecified atom stereocenters. The lowest BCUT2D eigenvalue weighted by atomic mass is 10.0. The summed E-state index contributed by atoms with van der Waals surface area (Å²) in [5.74, 6) is 0.769. The van der Waals surface area contributed by atoms with Crippen LogP contribution in [0.25, 0.3) is 44.1 Å². The van der Waals surface area contributed by atoms with Crippen molar-refractivity contribution in [2.45, 2.75) is 0 Å². The summed E-state index contributed by atoms with van der Waals surface area (Å²) < 4.78 is 3.08. The molecule has 0 fully saturated rings. The van der Waals surface area contributed by atoms with Gasteiger partial charge in [0.1, 0.15) is 11.3 Å². The van der Waals surface area contributed by atoms with E-state index < -0.39 is 0 Å². The van der Waals surface area contributed by atoms with Crippen LogP contribution in [0.5, 0.6) is 0 Å². The van der Waals surface area contributed by atoms with E-state index in [1.165, 1.54) is 4.73 Å². The molecule has 6 heteroatoms. The third kappa shape index (κ3) is 2.19. The second kappa shape index (κ2) is 5.79. The number of pyridine rings is 1. The average Bonchev–Trinajstić information content (AvgIpc) is 3.07. The van der Waals surface area contributed by atoms with Crippen LogP contribution < -0.4 is 4.73 Å². The van der Waals surface area contributed by atoms with Gasteiger partial charge < -0.3 is 4.98 Å². The Bertz CT molecular complexity index is 1310. The molecule has 0 aliphatic carbocycles. The number of imidazole rings is 1. The largest absolute Gasteiger partial charge is 0.337 e. The van der Waals surface area contributed by atoms with Gasteiger partial charge in [-0.05, 0) is 56.1 Å². The summed E-state index contributed by atoms with van der Waals surface area (Å²) in [5.41, 5.74) is 3.50. The molecule has 4 nitrogen and oxygen atoms in total. The summed E-state index contributed by atoms with van der Waals surface area (Å²) >= 11 is 7.24. The first-order valence-electron chi connectivity index (χ1n) is 8.03. The molecule has 0 radical (unpaired) electrons. The highest BCUT2D eigenvalue weighted by Crippen LogP contribution is 2.37. The van der Waals surface area contributed by atoms with Gasteiger partial charge in [-0.15, -0.1) is 0 Å². The minimum Gasteiger partial charge on any atom is -0.337 e. The van der Waals surface area contributed by atoms with Gasteiger partial charge >= 0.3 is 0 Å². The lowest BCUT2D eigenvalue weighted by molar-refractivity contribution is -0.884. The summed E-state index contributed by atoms with van der Waals surface area (Å²) in [6, 6.07) is 17.8. The zero-order chi connectivity index (χ0) is 17.8. The quantitative estimate of drug-likeness (QED) is 0.191. The number of hydrogen-bond donors (Lipinski definition) is 2. The fourth-order valence-electron chi connectivity index (χ4n) is 3.47. The molecular formula is C20H12Br2N3O+. The van der Waals surface area contributed by atoms with E-state index in [2.05, 4.69) is 36.8 Å². The molecule has 2 N–H and O–H groups in total. The second-order valence-corrected chi connectivity index (χ2v) is 7.77. The number of H-pyrrole nitrogens is 1. The molecule has 0 spiro atoms. The average molecular weight is 470 g/mol. The molecule has 126 valence electrons. The smallest absolute Gasteiger partial charge is 0.274 e. The van der Waals surface area contributed by atoms with Crippen LogP contribution in [0.4, 0.5) is 0 Å². The van der Waals surface area contributed by atoms with Gasteiger partial charge in [0.05, 0.1) is 16.3 Å². The molecule has 0 bridgehead atoms. The third-order valence-electron chi connectivity index (χ3n) is 4.58. The lowest BCUT2D eigenvalue weighted by Crippen LogP contribution is -2.30. The Labute approximate surface area is 165 Å². The second-order valence-electron chi connectivity index (χ2n) is 6.07. The molecule has 0 saturated heterocycles. The Morgan fingerprint density at radius 1 is 0.846 bits per heavy atom. The number of halogens is 2. The van der Waals surface area contributed by atoms with Gasteiger partial charge in [0, 0.05) is 30.7 Å². The van der Waals surface area contributed by atoms with E-state index in [1.807, 2.05) is 54.6 Å². The zero-order valence-electron chi connectivity index (χ0n) is 13.4. The van der Waals surface area contributed by atoms with Crippen molar-refractivity contribution in [3.63, 3.8) is 0 Å². The van der Waals surface area contributed by atoms with Crippen molar-refractivity contribution in [2.24, 2.45) is 0 Å². The molecule has 3 aromatic carbocycles. The molecule has 5 aromatic rings. The molecule has 2 aromatic heterocycles. The van der Waals surface area contributed by atoms with Crippen LogP contribution >= 0.6 is 31.9 Å². The normalized spacial score (nSPS) is 11.6. The fraction of sp³-hybridized carbons (Fsp3) is 0. The summed E-state index contributed by atoms with van der Waals surface area (Å²) in [5, 5.41) is 13.3. The van der Waals surface area contributed by atoms with Crippen LogP contribution in [0.1, 0.15) is 0 Å². The van der Waals surface area contributed by atoms with Gasteiger partial charge in [-0.25, -0.2) is 4.98 Å². The van der Waals surface area contributed by atoms with E-state index in [9.17, 15) is 5.21 Å². The van der Waals surface area contributed by atoms with Crippen molar-refractivity contribution < 1.29 is 9.94 Å². The van der Waals surface area contributed by atoms with Gasteiger partial charge in [-0.1, -0.05) is 24.3 Å². The lowest BCUT2D eigenvalue weighted by Gasteiger charge is -2.03. The van der Waals surface area contributed by atoms with Gasteiger partial charge in [0.25, 0.3) is 5.52 Å². The molecule has 0 atom stereocenters. The van der Waals surface area contributed by atoms with Gasteiger partial charge in [-0.2, -0.15) is 0 Å². The van der Waals surface area contributed by atoms with Crippen molar-refractivity contribution in [3.05, 3.63) is 69.7 Å². The van der Waals surface area contributed by atoms with Crippen molar-refractivity contribution >= 4 is 64.6 Å². The molecular weight excluding hydrogens is 458 g/mol. The van der Waals surface area contributed by atoms with E-state index in [4.69, 9.17) is 4.98 Å². The topological polar surface area (TPSA) is 52.8 Å². The molecule has 5 rings (SSSR count). The predicted molar refractivity (Wildman–Crippen MR) is 109 cm³/mol. The molecule has 2 heterocycles. The summed E-state index contributed by atoms with van der Waals surface area (Å²) in [7, 11) is 0. The van der Waals surface area contributed by atoms with Gasteiger partial charge in [0.2, 0.25) is 6.20 Å². The van der Waals surface area contributed by atoms with Crippen LogP contribution in [0.15, 0.2) is 69.7 Å². The number of rotatable bonds is 1. The summed E-state index contributed by atoms with van der Waals surface area (Å²) in [4.78, 5) is 8.37. The van der Waals surface area contributed by atoms with Crippen LogP contribution in [-0.2, 0) is 0 Å². The van der Waals surface area contributed by atoms with Crippen LogP contribution in [0, 0.1) is 0 Å². The third-order valence-corrected chi connectivity index (χ3v) is 5.91. The molecule has 26 heavy (non-hydrogen) atoms. The summed E-state index contributed by atoms with van der Waals surface area (Å²) in [6.45, 7) is 0. The number of fused-ring (bicyclic) bond motifs is 6. The highest BCUT2D eigenvalue weighted by molar-refractivity contribution is 9.11. The number of benzene rings is 3. The van der Waals surface area contributed by atoms with Crippen molar-refractivity contribution in [1.29, 1.82) is 0 Å². The molecule has 0 aliphatic heterocycles. The Hall–Kier alpha value is -2.44. The maximum Gasteiger partial charge on any atom is 0.274 e. The SMILES string of the molecule is O[n+]1cccc2c3nc(-c4c(Br)cccc4Br)[nH]c3c3ccccc3c21. The van der Waals surface area contributed by atoms with E-state index >= 15 is 0 Å². The zero-order valence-corrected chi connectivity index (χ0v) is 16.5. The Morgan fingerprint density at radius 3 is 2.31 bits per heavy atom. The van der Waals surface area contributed by atoms with E-state index in [-0.39, 0.29) is 0 Å². The number of nitrogens with zero attached hydrogens (tertiary/aromatic N) is 2. The van der Waals surface area contributed by atoms with Crippen LogP contribution in [-0.4, -0.2) is 15.2 Å². The minimum atomic E-state index is 0.750. The summed E-state index contributed by atoms with van der Waals surface area (Å²) in [6.07, 6.45) is 1.64. The number of aromatic amines is 1. The van der Waals surface area contributed by atoms with E-state index in [0.717, 1.165) is 53.0 Å². The first kappa shape index (κ1) is 15.8. The number of nitrogens with one attached hydrogen (secondary N) is 1. The fourth-order valence-corrected chi connectivity index (χ4v) is 4.84. The monoisotopic (exact) mass is 468 g/mol. The van der Waals surface area contributed by atoms with Gasteiger partial charge in [0.15, 0.2) is 0 Å². The maximum atomic E-state index is 10.4. The van der Waals surface area contributed by atoms with Crippen LogP contribution in [0.3, 0.4) is 0 Å². The Morgan fingerprint density at radius 2 is 1.54 bits per heavy atom. The minimum absolute atomic E-state index is 0.750. The highest BCUT2D eigenvalue weighted by Gasteiger charge is 2.21. The predicted octanol–water partition coefficient (Wildman–Crippen LogP) is 5.59. The van der Waals surface area contributed by atoms with E-state index in [1.54, 1.807) is 6.20 Å². The maximum absolute atomic E-state index is 10.4. The highest BCUT2D eigenvalue weighted by atomic mass is 79.9. The van der Waals surface area contributed by atoms with E-state index in [0.29, 0.717) is 0 Å². The Balaban J connectivity index is 2.00. The Kier molecular flexibility index (Phi) is 3.52. The van der Waals surface area contributed by atoms with Crippen molar-refractivity contribution in [1.82, 2.24) is 9.97 Å².